The Balaban J connectivity index is 0.00000338. The van der Waals surface area contributed by atoms with Gasteiger partial charge in [-0.1, -0.05) is 12.1 Å². The number of hydrogen-bond acceptors (Lipinski definition) is 5. The molecule has 1 amide bonds. The second kappa shape index (κ2) is 11.0. The number of carbonyl (C=O) groups excluding carboxylic acids is 1. The first-order chi connectivity index (χ1) is 12.0. The number of anilines is 1. The summed E-state index contributed by atoms with van der Waals surface area (Å²) in [5.41, 5.74) is 2.80. The lowest BCUT2D eigenvalue weighted by atomic mass is 10.2. The Bertz CT molecular complexity index is 733. The number of carbonyl (C=O) groups is 1. The van der Waals surface area contributed by atoms with Crippen LogP contribution >= 0.6 is 35.3 Å². The number of rotatable bonds is 5. The van der Waals surface area contributed by atoms with E-state index in [1.54, 1.807) is 18.4 Å². The first-order valence-electron chi connectivity index (χ1n) is 7.78. The van der Waals surface area contributed by atoms with E-state index in [2.05, 4.69) is 30.7 Å². The van der Waals surface area contributed by atoms with Crippen LogP contribution in [0.5, 0.6) is 0 Å². The molecule has 2 aromatic rings. The van der Waals surface area contributed by atoms with Gasteiger partial charge in [0.15, 0.2) is 5.96 Å². The fourth-order valence-corrected chi connectivity index (χ4v) is 2.84. The van der Waals surface area contributed by atoms with Gasteiger partial charge in [0, 0.05) is 31.7 Å². The average molecular weight is 489 g/mol. The van der Waals surface area contributed by atoms with Gasteiger partial charge >= 0.3 is 6.09 Å². The van der Waals surface area contributed by atoms with E-state index in [4.69, 9.17) is 0 Å². The number of amides is 1. The molecule has 0 saturated carbocycles. The number of aliphatic imine (C=N–C) groups is 1. The Morgan fingerprint density at radius 3 is 2.58 bits per heavy atom. The minimum Gasteiger partial charge on any atom is -0.453 e. The minimum absolute atomic E-state index is 0. The molecular formula is C17H24IN5O2S. The molecule has 0 aliphatic heterocycles. The Kier molecular flexibility index (Phi) is 9.35. The highest BCUT2D eigenvalue weighted by atomic mass is 127. The zero-order valence-corrected chi connectivity index (χ0v) is 18.4. The van der Waals surface area contributed by atoms with E-state index < -0.39 is 6.09 Å². The summed E-state index contributed by atoms with van der Waals surface area (Å²) in [5, 5.41) is 9.07. The standard InChI is InChI=1S/C17H23N5O2S.HI/c1-12-20-15(11-25-12)10-22(3)16(18-2)19-9-13-5-7-14(8-6-13)21-17(23)24-4;/h5-8,11H,9-10H2,1-4H3,(H,18,19)(H,21,23);1H. The summed E-state index contributed by atoms with van der Waals surface area (Å²) in [6.07, 6.45) is -0.481. The molecule has 0 bridgehead atoms. The molecule has 0 aliphatic rings. The molecule has 1 heterocycles. The molecule has 26 heavy (non-hydrogen) atoms. The van der Waals surface area contributed by atoms with Crippen LogP contribution in [0.1, 0.15) is 16.3 Å². The van der Waals surface area contributed by atoms with Crippen molar-refractivity contribution >= 4 is 53.1 Å². The molecule has 0 unspecified atom stereocenters. The van der Waals surface area contributed by atoms with Crippen molar-refractivity contribution in [3.8, 4) is 0 Å². The molecule has 0 radical (unpaired) electrons. The van der Waals surface area contributed by atoms with Crippen molar-refractivity contribution in [2.75, 3.05) is 26.5 Å². The number of halogens is 1. The summed E-state index contributed by atoms with van der Waals surface area (Å²) in [4.78, 5) is 22.0. The fourth-order valence-electron chi connectivity index (χ4n) is 2.24. The van der Waals surface area contributed by atoms with Crippen molar-refractivity contribution in [1.29, 1.82) is 0 Å². The van der Waals surface area contributed by atoms with E-state index in [9.17, 15) is 4.79 Å². The molecule has 0 atom stereocenters. The van der Waals surface area contributed by atoms with Crippen LogP contribution in [0.25, 0.3) is 0 Å². The van der Waals surface area contributed by atoms with Crippen LogP contribution < -0.4 is 10.6 Å². The maximum Gasteiger partial charge on any atom is 0.411 e. The number of nitrogens with one attached hydrogen (secondary N) is 2. The van der Waals surface area contributed by atoms with E-state index in [0.717, 1.165) is 22.2 Å². The van der Waals surface area contributed by atoms with Crippen molar-refractivity contribution in [1.82, 2.24) is 15.2 Å². The second-order valence-corrected chi connectivity index (χ2v) is 6.49. The third-order valence-electron chi connectivity index (χ3n) is 3.48. The summed E-state index contributed by atoms with van der Waals surface area (Å²) >= 11 is 1.65. The van der Waals surface area contributed by atoms with E-state index in [-0.39, 0.29) is 24.0 Å². The zero-order chi connectivity index (χ0) is 18.2. The lowest BCUT2D eigenvalue weighted by Gasteiger charge is -2.21. The van der Waals surface area contributed by atoms with Crippen LogP contribution in [0.3, 0.4) is 0 Å². The number of methoxy groups -OCH3 is 1. The van der Waals surface area contributed by atoms with Gasteiger partial charge in [-0.25, -0.2) is 9.78 Å². The van der Waals surface area contributed by atoms with Gasteiger partial charge in [0.25, 0.3) is 0 Å². The van der Waals surface area contributed by atoms with Gasteiger partial charge in [-0.2, -0.15) is 0 Å². The maximum atomic E-state index is 11.2. The largest absolute Gasteiger partial charge is 0.453 e. The molecule has 0 saturated heterocycles. The predicted octanol–water partition coefficient (Wildman–Crippen LogP) is 3.46. The summed E-state index contributed by atoms with van der Waals surface area (Å²) in [6, 6.07) is 7.54. The molecule has 1 aromatic carbocycles. The van der Waals surface area contributed by atoms with Gasteiger partial charge < -0.3 is 15.0 Å². The van der Waals surface area contributed by atoms with Gasteiger partial charge in [-0.3, -0.25) is 10.3 Å². The normalized spacial score (nSPS) is 10.7. The SMILES string of the molecule is CN=C(NCc1ccc(NC(=O)OC)cc1)N(C)Cc1csc(C)n1.I. The predicted molar refractivity (Wildman–Crippen MR) is 116 cm³/mol. The van der Waals surface area contributed by atoms with Crippen LogP contribution in [0, 0.1) is 6.92 Å². The highest BCUT2D eigenvalue weighted by Crippen LogP contribution is 2.11. The van der Waals surface area contributed by atoms with Crippen molar-refractivity contribution < 1.29 is 9.53 Å². The Hall–Kier alpha value is -1.88. The van der Waals surface area contributed by atoms with E-state index in [1.165, 1.54) is 7.11 Å². The van der Waals surface area contributed by atoms with Crippen LogP contribution in [0.4, 0.5) is 10.5 Å². The third kappa shape index (κ3) is 6.79. The Morgan fingerprint density at radius 1 is 1.35 bits per heavy atom. The summed E-state index contributed by atoms with van der Waals surface area (Å²) in [6.45, 7) is 3.33. The quantitative estimate of drug-likeness (QED) is 0.382. The third-order valence-corrected chi connectivity index (χ3v) is 4.30. The molecular weight excluding hydrogens is 465 g/mol. The molecule has 7 nitrogen and oxygen atoms in total. The Morgan fingerprint density at radius 2 is 2.04 bits per heavy atom. The molecule has 142 valence electrons. The first kappa shape index (κ1) is 22.2. The van der Waals surface area contributed by atoms with Crippen LogP contribution in [-0.4, -0.2) is 43.1 Å². The van der Waals surface area contributed by atoms with Crippen molar-refractivity contribution in [3.63, 3.8) is 0 Å². The molecule has 0 fully saturated rings. The van der Waals surface area contributed by atoms with Crippen molar-refractivity contribution in [2.45, 2.75) is 20.0 Å². The summed E-state index contributed by atoms with van der Waals surface area (Å²) in [5.74, 6) is 0.794. The number of hydrogen-bond donors (Lipinski definition) is 2. The van der Waals surface area contributed by atoms with E-state index >= 15 is 0 Å². The van der Waals surface area contributed by atoms with Gasteiger partial charge in [0.1, 0.15) is 0 Å². The lowest BCUT2D eigenvalue weighted by molar-refractivity contribution is 0.187. The minimum atomic E-state index is -0.481. The molecule has 2 rings (SSSR count). The fraction of sp³-hybridized carbons (Fsp3) is 0.353. The van der Waals surface area contributed by atoms with Crippen LogP contribution in [0.2, 0.25) is 0 Å². The van der Waals surface area contributed by atoms with Gasteiger partial charge in [0.2, 0.25) is 0 Å². The van der Waals surface area contributed by atoms with Crippen LogP contribution in [0.15, 0.2) is 34.6 Å². The molecule has 0 spiro atoms. The number of benzene rings is 1. The second-order valence-electron chi connectivity index (χ2n) is 5.43. The lowest BCUT2D eigenvalue weighted by Crippen LogP contribution is -2.38. The van der Waals surface area contributed by atoms with Crippen molar-refractivity contribution in [3.05, 3.63) is 45.9 Å². The number of thiazole rings is 1. The van der Waals surface area contributed by atoms with Crippen molar-refractivity contribution in [2.24, 2.45) is 4.99 Å². The van der Waals surface area contributed by atoms with Gasteiger partial charge in [-0.15, -0.1) is 35.3 Å². The highest BCUT2D eigenvalue weighted by molar-refractivity contribution is 14.0. The number of aryl methyl sites for hydroxylation is 1. The first-order valence-corrected chi connectivity index (χ1v) is 8.66. The van der Waals surface area contributed by atoms with E-state index in [0.29, 0.717) is 18.8 Å². The maximum absolute atomic E-state index is 11.2. The number of ether oxygens (including phenoxy) is 1. The highest BCUT2D eigenvalue weighted by Gasteiger charge is 2.08. The molecule has 1 aromatic heterocycles. The average Bonchev–Trinajstić information content (AvgIpc) is 3.01. The number of nitrogens with zero attached hydrogens (tertiary/aromatic N) is 3. The zero-order valence-electron chi connectivity index (χ0n) is 15.3. The van der Waals surface area contributed by atoms with Gasteiger partial charge in [0.05, 0.1) is 24.4 Å². The molecule has 0 aliphatic carbocycles. The van der Waals surface area contributed by atoms with Crippen LogP contribution in [-0.2, 0) is 17.8 Å². The van der Waals surface area contributed by atoms with E-state index in [1.807, 2.05) is 43.1 Å². The number of guanidine groups is 1. The van der Waals surface area contributed by atoms with Gasteiger partial charge in [-0.05, 0) is 24.6 Å². The summed E-state index contributed by atoms with van der Waals surface area (Å²) < 4.78 is 4.57. The summed E-state index contributed by atoms with van der Waals surface area (Å²) in [7, 11) is 5.07. The Labute approximate surface area is 174 Å². The molecule has 9 heteroatoms. The monoisotopic (exact) mass is 489 g/mol. The smallest absolute Gasteiger partial charge is 0.411 e. The topological polar surface area (TPSA) is 78.8 Å². The molecule has 2 N–H and O–H groups in total. The number of aromatic nitrogens is 1.